The van der Waals surface area contributed by atoms with E-state index in [1.807, 2.05) is 31.2 Å². The molecule has 0 aromatic heterocycles. The number of halogens is 1. The van der Waals surface area contributed by atoms with Crippen molar-refractivity contribution < 1.29 is 9.53 Å². The van der Waals surface area contributed by atoms with E-state index < -0.39 is 0 Å². The van der Waals surface area contributed by atoms with Crippen molar-refractivity contribution in [2.75, 3.05) is 26.7 Å². The molecule has 6 nitrogen and oxygen atoms in total. The molecular weight excluding hydrogens is 419 g/mol. The Bertz CT molecular complexity index is 547. The van der Waals surface area contributed by atoms with Crippen LogP contribution in [0.2, 0.25) is 0 Å². The highest BCUT2D eigenvalue weighted by Crippen LogP contribution is 2.28. The van der Waals surface area contributed by atoms with E-state index in [4.69, 9.17) is 4.74 Å². The summed E-state index contributed by atoms with van der Waals surface area (Å²) >= 11 is 0. The van der Waals surface area contributed by atoms with E-state index in [1.54, 1.807) is 7.11 Å². The van der Waals surface area contributed by atoms with E-state index in [-0.39, 0.29) is 35.8 Å². The topological polar surface area (TPSA) is 74.8 Å². The lowest BCUT2D eigenvalue weighted by molar-refractivity contribution is -0.122. The summed E-state index contributed by atoms with van der Waals surface area (Å²) in [5.74, 6) is 2.00. The fourth-order valence-corrected chi connectivity index (χ4v) is 2.14. The number of carbonyl (C=O) groups is 1. The van der Waals surface area contributed by atoms with E-state index in [9.17, 15) is 4.79 Å². The van der Waals surface area contributed by atoms with Crippen molar-refractivity contribution in [1.82, 2.24) is 16.0 Å². The van der Waals surface area contributed by atoms with Gasteiger partial charge in [-0.1, -0.05) is 12.1 Å². The molecule has 0 radical (unpaired) electrons. The third-order valence-corrected chi connectivity index (χ3v) is 3.56. The fraction of sp³-hybridized carbons (Fsp3) is 0.529. The summed E-state index contributed by atoms with van der Waals surface area (Å²) in [5.41, 5.74) is 1.09. The Morgan fingerprint density at radius 1 is 1.25 bits per heavy atom. The van der Waals surface area contributed by atoms with Crippen LogP contribution in [0.5, 0.6) is 5.75 Å². The van der Waals surface area contributed by atoms with Crippen LogP contribution in [0.25, 0.3) is 0 Å². The van der Waals surface area contributed by atoms with E-state index in [2.05, 4.69) is 20.9 Å². The third-order valence-electron chi connectivity index (χ3n) is 3.56. The Labute approximate surface area is 160 Å². The molecule has 2 rings (SSSR count). The first-order valence-electron chi connectivity index (χ1n) is 8.15. The lowest BCUT2D eigenvalue weighted by Crippen LogP contribution is -2.41. The van der Waals surface area contributed by atoms with Crippen molar-refractivity contribution in [1.29, 1.82) is 0 Å². The number of methoxy groups -OCH3 is 1. The molecule has 0 heterocycles. The minimum Gasteiger partial charge on any atom is -0.497 e. The molecule has 1 aliphatic rings. The van der Waals surface area contributed by atoms with Crippen LogP contribution < -0.4 is 20.7 Å². The van der Waals surface area contributed by atoms with Gasteiger partial charge in [-0.2, -0.15) is 0 Å². The molecule has 1 aromatic rings. The number of hydrogen-bond donors (Lipinski definition) is 3. The molecule has 0 spiro atoms. The Hall–Kier alpha value is -1.51. The van der Waals surface area contributed by atoms with Crippen molar-refractivity contribution >= 4 is 35.8 Å². The number of hydrogen-bond acceptors (Lipinski definition) is 3. The van der Waals surface area contributed by atoms with Crippen molar-refractivity contribution in [2.45, 2.75) is 26.3 Å². The van der Waals surface area contributed by atoms with Crippen LogP contribution in [0, 0.1) is 5.92 Å². The van der Waals surface area contributed by atoms with Crippen molar-refractivity contribution in [3.63, 3.8) is 0 Å². The van der Waals surface area contributed by atoms with Crippen LogP contribution in [-0.2, 0) is 11.3 Å². The fourth-order valence-electron chi connectivity index (χ4n) is 2.14. The van der Waals surface area contributed by atoms with Gasteiger partial charge in [-0.3, -0.25) is 4.79 Å². The second kappa shape index (κ2) is 11.1. The number of benzene rings is 1. The molecule has 24 heavy (non-hydrogen) atoms. The van der Waals surface area contributed by atoms with Crippen LogP contribution >= 0.6 is 24.0 Å². The molecule has 134 valence electrons. The number of amides is 1. The molecule has 1 saturated carbocycles. The van der Waals surface area contributed by atoms with Crippen molar-refractivity contribution in [3.05, 3.63) is 29.8 Å². The first-order valence-corrected chi connectivity index (χ1v) is 8.15. The molecule has 3 N–H and O–H groups in total. The number of carbonyl (C=O) groups excluding carboxylic acids is 1. The molecule has 0 aliphatic heterocycles. The largest absolute Gasteiger partial charge is 0.497 e. The summed E-state index contributed by atoms with van der Waals surface area (Å²) in [6, 6.07) is 7.87. The number of nitrogens with zero attached hydrogens (tertiary/aromatic N) is 1. The van der Waals surface area contributed by atoms with Gasteiger partial charge in [-0.25, -0.2) is 4.99 Å². The number of guanidine groups is 1. The maximum absolute atomic E-state index is 11.6. The van der Waals surface area contributed by atoms with Gasteiger partial charge in [0.15, 0.2) is 5.96 Å². The van der Waals surface area contributed by atoms with Crippen molar-refractivity contribution in [2.24, 2.45) is 10.9 Å². The second-order valence-electron chi connectivity index (χ2n) is 5.54. The highest BCUT2D eigenvalue weighted by atomic mass is 127. The molecule has 7 heteroatoms. The minimum atomic E-state index is 0. The summed E-state index contributed by atoms with van der Waals surface area (Å²) in [4.78, 5) is 16.1. The number of ether oxygens (including phenoxy) is 1. The van der Waals surface area contributed by atoms with E-state index in [1.165, 1.54) is 0 Å². The summed E-state index contributed by atoms with van der Waals surface area (Å²) in [6.45, 7) is 4.65. The maximum atomic E-state index is 11.6. The Morgan fingerprint density at radius 2 is 2.00 bits per heavy atom. The van der Waals surface area contributed by atoms with Crippen molar-refractivity contribution in [3.8, 4) is 5.75 Å². The standard InChI is InChI=1S/C17H26N4O2.HI/c1-3-18-17(20-10-9-19-16(22)14-7-8-14)21-12-13-5-4-6-15(11-13)23-2;/h4-6,11,14H,3,7-10,12H2,1-2H3,(H,19,22)(H2,18,20,21);1H. The Morgan fingerprint density at radius 3 is 2.67 bits per heavy atom. The zero-order valence-corrected chi connectivity index (χ0v) is 16.6. The van der Waals surface area contributed by atoms with Gasteiger partial charge in [-0.05, 0) is 37.5 Å². The Kier molecular flexibility index (Phi) is 9.51. The summed E-state index contributed by atoms with van der Waals surface area (Å²) in [6.07, 6.45) is 2.06. The van der Waals surface area contributed by atoms with Crippen LogP contribution in [0.4, 0.5) is 0 Å². The Balaban J connectivity index is 0.00000288. The zero-order chi connectivity index (χ0) is 16.5. The molecule has 1 fully saturated rings. The third kappa shape index (κ3) is 7.37. The van der Waals surface area contributed by atoms with E-state index in [0.29, 0.717) is 19.6 Å². The number of aliphatic imine (C=N–C) groups is 1. The number of rotatable bonds is 8. The summed E-state index contributed by atoms with van der Waals surface area (Å²) < 4.78 is 5.22. The SMILES string of the molecule is CCNC(=NCc1cccc(OC)c1)NCCNC(=O)C1CC1.I. The normalized spacial score (nSPS) is 13.7. The maximum Gasteiger partial charge on any atom is 0.223 e. The highest BCUT2D eigenvalue weighted by Gasteiger charge is 2.28. The van der Waals surface area contributed by atoms with Gasteiger partial charge in [0.25, 0.3) is 0 Å². The van der Waals surface area contributed by atoms with Crippen LogP contribution in [0.3, 0.4) is 0 Å². The first kappa shape index (κ1) is 20.5. The van der Waals surface area contributed by atoms with Gasteiger partial charge < -0.3 is 20.7 Å². The van der Waals surface area contributed by atoms with Gasteiger partial charge in [0.1, 0.15) is 5.75 Å². The van der Waals surface area contributed by atoms with Crippen LogP contribution in [-0.4, -0.2) is 38.6 Å². The van der Waals surface area contributed by atoms with Crippen LogP contribution in [0.15, 0.2) is 29.3 Å². The van der Waals surface area contributed by atoms with E-state index in [0.717, 1.165) is 36.7 Å². The van der Waals surface area contributed by atoms with Gasteiger partial charge >= 0.3 is 0 Å². The first-order chi connectivity index (χ1) is 11.2. The van der Waals surface area contributed by atoms with Gasteiger partial charge in [0.2, 0.25) is 5.91 Å². The van der Waals surface area contributed by atoms with E-state index >= 15 is 0 Å². The predicted molar refractivity (Wildman–Crippen MR) is 107 cm³/mol. The zero-order valence-electron chi connectivity index (χ0n) is 14.3. The molecule has 1 aliphatic carbocycles. The predicted octanol–water partition coefficient (Wildman–Crippen LogP) is 1.89. The lowest BCUT2D eigenvalue weighted by Gasteiger charge is -2.12. The lowest BCUT2D eigenvalue weighted by atomic mass is 10.2. The van der Waals surface area contributed by atoms with Gasteiger partial charge in [0.05, 0.1) is 13.7 Å². The number of nitrogens with one attached hydrogen (secondary N) is 3. The van der Waals surface area contributed by atoms with Gasteiger partial charge in [0, 0.05) is 25.6 Å². The quantitative estimate of drug-likeness (QED) is 0.247. The average molecular weight is 446 g/mol. The molecule has 1 aromatic carbocycles. The molecule has 0 atom stereocenters. The summed E-state index contributed by atoms with van der Waals surface area (Å²) in [5, 5.41) is 9.36. The average Bonchev–Trinajstić information content (AvgIpc) is 3.41. The summed E-state index contributed by atoms with van der Waals surface area (Å²) in [7, 11) is 1.66. The second-order valence-corrected chi connectivity index (χ2v) is 5.54. The molecule has 0 unspecified atom stereocenters. The smallest absolute Gasteiger partial charge is 0.223 e. The molecular formula is C17H27IN4O2. The van der Waals surface area contributed by atoms with Crippen LogP contribution in [0.1, 0.15) is 25.3 Å². The monoisotopic (exact) mass is 446 g/mol. The molecule has 0 bridgehead atoms. The minimum absolute atomic E-state index is 0. The highest BCUT2D eigenvalue weighted by molar-refractivity contribution is 14.0. The molecule has 1 amide bonds. The molecule has 0 saturated heterocycles. The van der Waals surface area contributed by atoms with Gasteiger partial charge in [-0.15, -0.1) is 24.0 Å².